The molecule has 1 heterocycles. The lowest BCUT2D eigenvalue weighted by atomic mass is 10.1. The number of ether oxygens (including phenoxy) is 2. The van der Waals surface area contributed by atoms with Gasteiger partial charge >= 0.3 is 5.97 Å². The van der Waals surface area contributed by atoms with Gasteiger partial charge in [-0.05, 0) is 49.2 Å². The SMILES string of the molecule is COc1ccc(C(C)=O)cc1COC(=O)c1ccc(CN2CCCC2=O)cc1. The van der Waals surface area contributed by atoms with Crippen LogP contribution >= 0.6 is 0 Å². The molecule has 0 unspecified atom stereocenters. The van der Waals surface area contributed by atoms with Crippen molar-refractivity contribution in [3.05, 3.63) is 64.7 Å². The zero-order valence-corrected chi connectivity index (χ0v) is 16.1. The van der Waals surface area contributed by atoms with E-state index in [1.54, 1.807) is 30.3 Å². The van der Waals surface area contributed by atoms with Crippen molar-refractivity contribution in [2.24, 2.45) is 0 Å². The van der Waals surface area contributed by atoms with Crippen LogP contribution in [0.4, 0.5) is 0 Å². The van der Waals surface area contributed by atoms with Crippen LogP contribution in [0.3, 0.4) is 0 Å². The van der Waals surface area contributed by atoms with E-state index in [-0.39, 0.29) is 18.3 Å². The average molecular weight is 381 g/mol. The van der Waals surface area contributed by atoms with Crippen LogP contribution in [0, 0.1) is 0 Å². The normalized spacial score (nSPS) is 13.5. The number of Topliss-reactive ketones (excluding diaryl/α,β-unsaturated/α-hetero) is 1. The summed E-state index contributed by atoms with van der Waals surface area (Å²) in [6.45, 7) is 2.83. The summed E-state index contributed by atoms with van der Waals surface area (Å²) in [6, 6.07) is 12.1. The van der Waals surface area contributed by atoms with Crippen LogP contribution in [-0.4, -0.2) is 36.2 Å². The molecule has 6 heteroatoms. The monoisotopic (exact) mass is 381 g/mol. The molecule has 3 rings (SSSR count). The third kappa shape index (κ3) is 4.57. The highest BCUT2D eigenvalue weighted by Gasteiger charge is 2.20. The number of methoxy groups -OCH3 is 1. The van der Waals surface area contributed by atoms with E-state index in [0.717, 1.165) is 18.5 Å². The first-order valence-electron chi connectivity index (χ1n) is 9.19. The number of benzene rings is 2. The van der Waals surface area contributed by atoms with E-state index in [0.29, 0.717) is 35.4 Å². The van der Waals surface area contributed by atoms with Crippen LogP contribution < -0.4 is 4.74 Å². The van der Waals surface area contributed by atoms with Crippen molar-refractivity contribution in [3.63, 3.8) is 0 Å². The third-order valence-corrected chi connectivity index (χ3v) is 4.78. The zero-order chi connectivity index (χ0) is 20.1. The number of rotatable bonds is 7. The molecule has 1 fully saturated rings. The van der Waals surface area contributed by atoms with E-state index in [4.69, 9.17) is 9.47 Å². The Labute approximate surface area is 164 Å². The number of hydrogen-bond donors (Lipinski definition) is 0. The van der Waals surface area contributed by atoms with E-state index < -0.39 is 5.97 Å². The Hall–Kier alpha value is -3.15. The van der Waals surface area contributed by atoms with Gasteiger partial charge in [-0.3, -0.25) is 9.59 Å². The second-order valence-corrected chi connectivity index (χ2v) is 6.77. The molecule has 1 aliphatic rings. The highest BCUT2D eigenvalue weighted by Crippen LogP contribution is 2.22. The Bertz CT molecular complexity index is 888. The minimum Gasteiger partial charge on any atom is -0.496 e. The Morgan fingerprint density at radius 2 is 1.79 bits per heavy atom. The number of ketones is 1. The molecule has 1 aliphatic heterocycles. The van der Waals surface area contributed by atoms with E-state index in [1.807, 2.05) is 17.0 Å². The van der Waals surface area contributed by atoms with Gasteiger partial charge in [0.05, 0.1) is 12.7 Å². The Morgan fingerprint density at radius 3 is 2.39 bits per heavy atom. The Balaban J connectivity index is 1.63. The molecule has 1 amide bonds. The van der Waals surface area contributed by atoms with Crippen molar-refractivity contribution >= 4 is 17.7 Å². The minimum atomic E-state index is -0.459. The first kappa shape index (κ1) is 19.6. The minimum absolute atomic E-state index is 0.00710. The van der Waals surface area contributed by atoms with Gasteiger partial charge in [0, 0.05) is 30.6 Å². The Morgan fingerprint density at radius 1 is 1.07 bits per heavy atom. The van der Waals surface area contributed by atoms with E-state index in [9.17, 15) is 14.4 Å². The number of nitrogens with zero attached hydrogens (tertiary/aromatic N) is 1. The number of carbonyl (C=O) groups is 3. The second-order valence-electron chi connectivity index (χ2n) is 6.77. The van der Waals surface area contributed by atoms with Crippen molar-refractivity contribution in [2.45, 2.75) is 32.9 Å². The van der Waals surface area contributed by atoms with Crippen LogP contribution in [0.15, 0.2) is 42.5 Å². The van der Waals surface area contributed by atoms with Gasteiger partial charge in [0.1, 0.15) is 12.4 Å². The summed E-state index contributed by atoms with van der Waals surface area (Å²) in [6.07, 6.45) is 1.51. The lowest BCUT2D eigenvalue weighted by molar-refractivity contribution is -0.128. The third-order valence-electron chi connectivity index (χ3n) is 4.78. The standard InChI is InChI=1S/C22H23NO5/c1-15(24)18-9-10-20(27-2)19(12-18)14-28-22(26)17-7-5-16(6-8-17)13-23-11-3-4-21(23)25/h5-10,12H,3-4,11,13-14H2,1-2H3. The molecule has 0 radical (unpaired) electrons. The summed E-state index contributed by atoms with van der Waals surface area (Å²) in [5.41, 5.74) is 2.57. The number of carbonyl (C=O) groups excluding carboxylic acids is 3. The zero-order valence-electron chi connectivity index (χ0n) is 16.1. The molecule has 6 nitrogen and oxygen atoms in total. The predicted octanol–water partition coefficient (Wildman–Crippen LogP) is 3.38. The molecule has 0 aromatic heterocycles. The highest BCUT2D eigenvalue weighted by atomic mass is 16.5. The van der Waals surface area contributed by atoms with Crippen LogP contribution in [0.2, 0.25) is 0 Å². The van der Waals surface area contributed by atoms with Gasteiger partial charge in [0.2, 0.25) is 5.91 Å². The molecule has 0 aliphatic carbocycles. The fourth-order valence-corrected chi connectivity index (χ4v) is 3.17. The van der Waals surface area contributed by atoms with Gasteiger partial charge < -0.3 is 14.4 Å². The summed E-state index contributed by atoms with van der Waals surface area (Å²) in [5.74, 6) is 0.204. The van der Waals surface area contributed by atoms with Gasteiger partial charge in [-0.1, -0.05) is 12.1 Å². The molecule has 0 saturated carbocycles. The first-order chi connectivity index (χ1) is 13.5. The molecular formula is C22H23NO5. The van der Waals surface area contributed by atoms with Crippen molar-refractivity contribution in [1.82, 2.24) is 4.90 Å². The van der Waals surface area contributed by atoms with Crippen LogP contribution in [0.5, 0.6) is 5.75 Å². The van der Waals surface area contributed by atoms with Gasteiger partial charge in [0.15, 0.2) is 5.78 Å². The van der Waals surface area contributed by atoms with Crippen LogP contribution in [0.25, 0.3) is 0 Å². The predicted molar refractivity (Wildman–Crippen MR) is 103 cm³/mol. The van der Waals surface area contributed by atoms with Crippen LogP contribution in [0.1, 0.15) is 51.6 Å². The van der Waals surface area contributed by atoms with Crippen molar-refractivity contribution < 1.29 is 23.9 Å². The van der Waals surface area contributed by atoms with E-state index >= 15 is 0 Å². The number of amides is 1. The summed E-state index contributed by atoms with van der Waals surface area (Å²) in [7, 11) is 1.53. The lowest BCUT2D eigenvalue weighted by Gasteiger charge is -2.15. The molecular weight excluding hydrogens is 358 g/mol. The molecule has 0 N–H and O–H groups in total. The van der Waals surface area contributed by atoms with Crippen molar-refractivity contribution in [1.29, 1.82) is 0 Å². The number of esters is 1. The summed E-state index contributed by atoms with van der Waals surface area (Å²) in [5, 5.41) is 0. The summed E-state index contributed by atoms with van der Waals surface area (Å²) in [4.78, 5) is 37.4. The van der Waals surface area contributed by atoms with Gasteiger partial charge in [-0.15, -0.1) is 0 Å². The Kier molecular flexibility index (Phi) is 6.09. The fourth-order valence-electron chi connectivity index (χ4n) is 3.17. The van der Waals surface area contributed by atoms with Crippen LogP contribution in [-0.2, 0) is 22.7 Å². The molecule has 28 heavy (non-hydrogen) atoms. The molecule has 0 atom stereocenters. The average Bonchev–Trinajstić information content (AvgIpc) is 3.10. The first-order valence-corrected chi connectivity index (χ1v) is 9.19. The van der Waals surface area contributed by atoms with E-state index in [2.05, 4.69) is 0 Å². The molecule has 146 valence electrons. The summed E-state index contributed by atoms with van der Waals surface area (Å²) < 4.78 is 10.7. The maximum absolute atomic E-state index is 12.3. The molecule has 2 aromatic carbocycles. The number of likely N-dealkylation sites (tertiary alicyclic amines) is 1. The highest BCUT2D eigenvalue weighted by molar-refractivity contribution is 5.94. The molecule has 0 bridgehead atoms. The maximum Gasteiger partial charge on any atom is 0.338 e. The van der Waals surface area contributed by atoms with Crippen molar-refractivity contribution in [2.75, 3.05) is 13.7 Å². The molecule has 2 aromatic rings. The second kappa shape index (κ2) is 8.69. The van der Waals surface area contributed by atoms with Gasteiger partial charge in [-0.25, -0.2) is 4.79 Å². The smallest absolute Gasteiger partial charge is 0.338 e. The van der Waals surface area contributed by atoms with E-state index in [1.165, 1.54) is 14.0 Å². The largest absolute Gasteiger partial charge is 0.496 e. The number of hydrogen-bond acceptors (Lipinski definition) is 5. The van der Waals surface area contributed by atoms with Crippen molar-refractivity contribution in [3.8, 4) is 5.75 Å². The fraction of sp³-hybridized carbons (Fsp3) is 0.318. The van der Waals surface area contributed by atoms with Gasteiger partial charge in [-0.2, -0.15) is 0 Å². The summed E-state index contributed by atoms with van der Waals surface area (Å²) >= 11 is 0. The topological polar surface area (TPSA) is 72.9 Å². The maximum atomic E-state index is 12.3. The lowest BCUT2D eigenvalue weighted by Crippen LogP contribution is -2.23. The van der Waals surface area contributed by atoms with Gasteiger partial charge in [0.25, 0.3) is 0 Å². The molecule has 0 spiro atoms. The quantitative estimate of drug-likeness (QED) is 0.543. The molecule has 1 saturated heterocycles.